The maximum atomic E-state index is 5.03. The number of thiophene rings is 1. The van der Waals surface area contributed by atoms with E-state index >= 15 is 0 Å². The van der Waals surface area contributed by atoms with Gasteiger partial charge in [0.1, 0.15) is 0 Å². The lowest BCUT2D eigenvalue weighted by molar-refractivity contribution is 0.161. The van der Waals surface area contributed by atoms with Crippen LogP contribution in [0.15, 0.2) is 11.4 Å². The van der Waals surface area contributed by atoms with E-state index in [1.54, 1.807) is 7.11 Å². The van der Waals surface area contributed by atoms with Crippen LogP contribution in [0.25, 0.3) is 0 Å². The molecule has 1 aromatic rings. The lowest BCUT2D eigenvalue weighted by atomic mass is 10.3. The zero-order valence-electron chi connectivity index (χ0n) is 12.5. The van der Waals surface area contributed by atoms with E-state index in [1.807, 2.05) is 25.2 Å². The lowest BCUT2D eigenvalue weighted by Crippen LogP contribution is -2.31. The van der Waals surface area contributed by atoms with E-state index in [0.717, 1.165) is 32.8 Å². The minimum absolute atomic E-state index is 0.806. The molecular formula is C14H28N2OS. The summed E-state index contributed by atoms with van der Waals surface area (Å²) in [6, 6.07) is 2.24. The predicted molar refractivity (Wildman–Crippen MR) is 81.5 cm³/mol. The highest BCUT2D eigenvalue weighted by atomic mass is 32.1. The third kappa shape index (κ3) is 8.64. The second-order valence-electron chi connectivity index (χ2n) is 4.06. The maximum Gasteiger partial charge on any atom is 0.0589 e. The fraction of sp³-hybridized carbons (Fsp3) is 0.714. The van der Waals surface area contributed by atoms with Crippen molar-refractivity contribution in [3.63, 3.8) is 0 Å². The molecule has 4 heteroatoms. The van der Waals surface area contributed by atoms with Crippen molar-refractivity contribution in [3.05, 3.63) is 21.9 Å². The molecule has 0 saturated carbocycles. The van der Waals surface area contributed by atoms with Crippen molar-refractivity contribution < 1.29 is 4.74 Å². The Balaban J connectivity index is 0.00000137. The minimum atomic E-state index is 0.806. The molecule has 1 heterocycles. The highest BCUT2D eigenvalue weighted by Crippen LogP contribution is 2.12. The van der Waals surface area contributed by atoms with E-state index in [2.05, 4.69) is 35.6 Å². The number of rotatable bonds is 8. The smallest absolute Gasteiger partial charge is 0.0589 e. The van der Waals surface area contributed by atoms with Gasteiger partial charge in [-0.25, -0.2) is 0 Å². The Bertz CT molecular complexity index is 289. The maximum absolute atomic E-state index is 5.03. The van der Waals surface area contributed by atoms with Gasteiger partial charge in [0, 0.05) is 38.2 Å². The van der Waals surface area contributed by atoms with Crippen LogP contribution in [0.5, 0.6) is 0 Å². The van der Waals surface area contributed by atoms with Crippen molar-refractivity contribution in [1.29, 1.82) is 0 Å². The SMILES string of the molecule is CC.COCCN(C)CCNCc1cc(C)cs1. The van der Waals surface area contributed by atoms with Crippen molar-refractivity contribution in [3.8, 4) is 0 Å². The summed E-state index contributed by atoms with van der Waals surface area (Å²) in [5, 5.41) is 5.65. The van der Waals surface area contributed by atoms with Gasteiger partial charge in [-0.1, -0.05) is 13.8 Å². The first-order valence-electron chi connectivity index (χ1n) is 6.64. The Morgan fingerprint density at radius 2 is 2.06 bits per heavy atom. The molecule has 0 aliphatic carbocycles. The second kappa shape index (κ2) is 11.7. The molecule has 0 unspecified atom stereocenters. The van der Waals surface area contributed by atoms with E-state index in [1.165, 1.54) is 10.4 Å². The summed E-state index contributed by atoms with van der Waals surface area (Å²) in [7, 11) is 3.86. The van der Waals surface area contributed by atoms with Crippen LogP contribution in [0, 0.1) is 6.92 Å². The molecule has 0 aromatic carbocycles. The number of hydrogen-bond donors (Lipinski definition) is 1. The van der Waals surface area contributed by atoms with Gasteiger partial charge in [-0.05, 0) is 31.0 Å². The second-order valence-corrected chi connectivity index (χ2v) is 5.06. The molecule has 1 N–H and O–H groups in total. The number of nitrogens with one attached hydrogen (secondary N) is 1. The molecule has 0 aliphatic rings. The van der Waals surface area contributed by atoms with Crippen molar-refractivity contribution in [2.24, 2.45) is 0 Å². The van der Waals surface area contributed by atoms with E-state index < -0.39 is 0 Å². The summed E-state index contributed by atoms with van der Waals surface area (Å²) in [6.45, 7) is 11.0. The first-order valence-corrected chi connectivity index (χ1v) is 7.52. The molecule has 0 bridgehead atoms. The minimum Gasteiger partial charge on any atom is -0.383 e. The van der Waals surface area contributed by atoms with Gasteiger partial charge in [-0.3, -0.25) is 0 Å². The molecular weight excluding hydrogens is 244 g/mol. The molecule has 0 fully saturated rings. The number of likely N-dealkylation sites (N-methyl/N-ethyl adjacent to an activating group) is 1. The standard InChI is InChI=1S/C12H22N2OS.C2H6/c1-11-8-12(16-10-11)9-13-4-5-14(2)6-7-15-3;1-2/h8,10,13H,4-7,9H2,1-3H3;1-2H3. The fourth-order valence-corrected chi connectivity index (χ4v) is 2.27. The average Bonchev–Trinajstić information content (AvgIpc) is 2.80. The number of aryl methyl sites for hydroxylation is 1. The first kappa shape index (κ1) is 17.6. The Kier molecular flexibility index (Phi) is 11.4. The predicted octanol–water partition coefficient (Wildman–Crippen LogP) is 2.75. The van der Waals surface area contributed by atoms with Crippen LogP contribution in [0.3, 0.4) is 0 Å². The lowest BCUT2D eigenvalue weighted by Gasteiger charge is -2.15. The normalized spacial score (nSPS) is 10.3. The largest absolute Gasteiger partial charge is 0.383 e. The van der Waals surface area contributed by atoms with E-state index in [4.69, 9.17) is 4.74 Å². The van der Waals surface area contributed by atoms with Crippen molar-refractivity contribution in [2.75, 3.05) is 40.4 Å². The molecule has 0 amide bonds. The van der Waals surface area contributed by atoms with Crippen molar-refractivity contribution in [1.82, 2.24) is 10.2 Å². The molecule has 18 heavy (non-hydrogen) atoms. The first-order chi connectivity index (χ1) is 8.72. The number of methoxy groups -OCH3 is 1. The van der Waals surface area contributed by atoms with E-state index in [0.29, 0.717) is 0 Å². The summed E-state index contributed by atoms with van der Waals surface area (Å²) in [6.07, 6.45) is 0. The fourth-order valence-electron chi connectivity index (χ4n) is 1.42. The number of nitrogens with zero attached hydrogens (tertiary/aromatic N) is 1. The molecule has 0 spiro atoms. The van der Waals surface area contributed by atoms with Crippen LogP contribution in [-0.2, 0) is 11.3 Å². The van der Waals surface area contributed by atoms with Gasteiger partial charge < -0.3 is 15.0 Å². The van der Waals surface area contributed by atoms with Crippen LogP contribution in [0.1, 0.15) is 24.3 Å². The average molecular weight is 272 g/mol. The third-order valence-electron chi connectivity index (χ3n) is 2.43. The van der Waals surface area contributed by atoms with Gasteiger partial charge in [0.25, 0.3) is 0 Å². The summed E-state index contributed by atoms with van der Waals surface area (Å²) < 4.78 is 5.03. The zero-order valence-corrected chi connectivity index (χ0v) is 13.3. The zero-order chi connectivity index (χ0) is 13.8. The Morgan fingerprint density at radius 3 is 2.61 bits per heavy atom. The van der Waals surface area contributed by atoms with Crippen LogP contribution < -0.4 is 5.32 Å². The van der Waals surface area contributed by atoms with Gasteiger partial charge in [0.2, 0.25) is 0 Å². The third-order valence-corrected chi connectivity index (χ3v) is 3.49. The van der Waals surface area contributed by atoms with E-state index in [-0.39, 0.29) is 0 Å². The molecule has 106 valence electrons. The van der Waals surface area contributed by atoms with Gasteiger partial charge in [-0.15, -0.1) is 11.3 Å². The summed E-state index contributed by atoms with van der Waals surface area (Å²) in [5.41, 5.74) is 1.36. The van der Waals surface area contributed by atoms with Crippen LogP contribution in [-0.4, -0.2) is 45.3 Å². The van der Waals surface area contributed by atoms with Crippen LogP contribution in [0.4, 0.5) is 0 Å². The van der Waals surface area contributed by atoms with Gasteiger partial charge in [0.15, 0.2) is 0 Å². The van der Waals surface area contributed by atoms with E-state index in [9.17, 15) is 0 Å². The van der Waals surface area contributed by atoms with Gasteiger partial charge in [0.05, 0.1) is 6.61 Å². The molecule has 1 aromatic heterocycles. The number of hydrogen-bond acceptors (Lipinski definition) is 4. The van der Waals surface area contributed by atoms with Crippen LogP contribution in [0.2, 0.25) is 0 Å². The molecule has 0 aliphatic heterocycles. The molecule has 0 radical (unpaired) electrons. The van der Waals surface area contributed by atoms with Gasteiger partial charge in [-0.2, -0.15) is 0 Å². The molecule has 3 nitrogen and oxygen atoms in total. The van der Waals surface area contributed by atoms with Crippen molar-refractivity contribution >= 4 is 11.3 Å². The summed E-state index contributed by atoms with van der Waals surface area (Å²) in [4.78, 5) is 3.69. The molecule has 0 saturated heterocycles. The Labute approximate surface area is 116 Å². The summed E-state index contributed by atoms with van der Waals surface area (Å²) in [5.74, 6) is 0. The summed E-state index contributed by atoms with van der Waals surface area (Å²) >= 11 is 1.83. The molecule has 1 rings (SSSR count). The number of ether oxygens (including phenoxy) is 1. The molecule has 0 atom stereocenters. The highest BCUT2D eigenvalue weighted by molar-refractivity contribution is 7.10. The van der Waals surface area contributed by atoms with Crippen LogP contribution >= 0.6 is 11.3 Å². The Hall–Kier alpha value is -0.420. The highest BCUT2D eigenvalue weighted by Gasteiger charge is 1.98. The topological polar surface area (TPSA) is 24.5 Å². The van der Waals surface area contributed by atoms with Crippen molar-refractivity contribution in [2.45, 2.75) is 27.3 Å². The monoisotopic (exact) mass is 272 g/mol. The quantitative estimate of drug-likeness (QED) is 0.737. The Morgan fingerprint density at radius 1 is 1.33 bits per heavy atom. The van der Waals surface area contributed by atoms with Gasteiger partial charge >= 0.3 is 0 Å².